The zero-order valence-electron chi connectivity index (χ0n) is 17.8. The van der Waals surface area contributed by atoms with E-state index in [1.54, 1.807) is 30.5 Å². The smallest absolute Gasteiger partial charge is 0.284 e. The van der Waals surface area contributed by atoms with Gasteiger partial charge in [-0.25, -0.2) is 4.98 Å². The van der Waals surface area contributed by atoms with Gasteiger partial charge in [-0.15, -0.1) is 0 Å². The second kappa shape index (κ2) is 8.88. The fraction of sp³-hybridized carbons (Fsp3) is 0.120. The molecule has 0 saturated carbocycles. The largest absolute Gasteiger partial charge is 0.436 e. The number of fused-ring (bicyclic) bond motifs is 1. The molecule has 160 valence electrons. The van der Waals surface area contributed by atoms with E-state index in [-0.39, 0.29) is 5.69 Å². The van der Waals surface area contributed by atoms with Gasteiger partial charge in [-0.2, -0.15) is 0 Å². The summed E-state index contributed by atoms with van der Waals surface area (Å²) >= 11 is 3.19. The Hall–Kier alpha value is -3.58. The summed E-state index contributed by atoms with van der Waals surface area (Å²) in [4.78, 5) is 19.9. The van der Waals surface area contributed by atoms with Crippen LogP contribution in [0.2, 0.25) is 0 Å². The molecule has 4 rings (SSSR count). The van der Waals surface area contributed by atoms with Crippen LogP contribution in [0.5, 0.6) is 0 Å². The Bertz CT molecular complexity index is 1400. The molecule has 0 N–H and O–H groups in total. The van der Waals surface area contributed by atoms with Crippen molar-refractivity contribution in [3.05, 3.63) is 91.4 Å². The number of hydrogen-bond donors (Lipinski definition) is 0. The number of rotatable bonds is 5. The van der Waals surface area contributed by atoms with Crippen molar-refractivity contribution in [2.45, 2.75) is 20.8 Å². The summed E-state index contributed by atoms with van der Waals surface area (Å²) in [6.07, 6.45) is 5.19. The first kappa shape index (κ1) is 21.6. The maximum absolute atomic E-state index is 11.1. The first-order valence-corrected chi connectivity index (χ1v) is 10.7. The molecular formula is C25H20BrN3O3. The Kier molecular flexibility index (Phi) is 6.01. The Labute approximate surface area is 193 Å². The lowest BCUT2D eigenvalue weighted by molar-refractivity contribution is -0.385. The van der Waals surface area contributed by atoms with Gasteiger partial charge >= 0.3 is 0 Å². The molecule has 0 saturated heterocycles. The number of nitro benzene ring substituents is 1. The van der Waals surface area contributed by atoms with Crippen LogP contribution in [0.1, 0.15) is 22.3 Å². The zero-order valence-corrected chi connectivity index (χ0v) is 19.4. The van der Waals surface area contributed by atoms with Gasteiger partial charge < -0.3 is 4.42 Å². The van der Waals surface area contributed by atoms with Gasteiger partial charge in [-0.3, -0.25) is 15.1 Å². The Morgan fingerprint density at radius 2 is 1.88 bits per heavy atom. The molecule has 0 spiro atoms. The Balaban J connectivity index is 1.59. The molecule has 0 amide bonds. The molecule has 32 heavy (non-hydrogen) atoms. The third-order valence-electron chi connectivity index (χ3n) is 5.03. The lowest BCUT2D eigenvalue weighted by atomic mass is 10.1. The molecule has 0 radical (unpaired) electrons. The minimum Gasteiger partial charge on any atom is -0.436 e. The third kappa shape index (κ3) is 4.53. The van der Waals surface area contributed by atoms with Crippen LogP contribution in [0.3, 0.4) is 0 Å². The van der Waals surface area contributed by atoms with Crippen LogP contribution >= 0.6 is 15.9 Å². The van der Waals surface area contributed by atoms with E-state index in [0.717, 1.165) is 39.0 Å². The molecule has 1 heterocycles. The number of nitro groups is 1. The topological polar surface area (TPSA) is 81.5 Å². The molecule has 6 nitrogen and oxygen atoms in total. The molecular weight excluding hydrogens is 470 g/mol. The van der Waals surface area contributed by atoms with Crippen molar-refractivity contribution >= 4 is 50.7 Å². The van der Waals surface area contributed by atoms with E-state index in [4.69, 9.17) is 4.42 Å². The number of aryl methyl sites for hydroxylation is 3. The van der Waals surface area contributed by atoms with Gasteiger partial charge in [-0.1, -0.05) is 24.3 Å². The van der Waals surface area contributed by atoms with Gasteiger partial charge in [0.05, 0.1) is 15.1 Å². The minimum absolute atomic E-state index is 0.0244. The molecule has 1 aromatic heterocycles. The van der Waals surface area contributed by atoms with E-state index in [1.165, 1.54) is 6.07 Å². The van der Waals surface area contributed by atoms with Crippen molar-refractivity contribution in [2.75, 3.05) is 0 Å². The molecule has 7 heteroatoms. The monoisotopic (exact) mass is 489 g/mol. The summed E-state index contributed by atoms with van der Waals surface area (Å²) in [5.41, 5.74) is 7.24. The van der Waals surface area contributed by atoms with E-state index < -0.39 is 4.92 Å². The number of hydrogen-bond acceptors (Lipinski definition) is 5. The highest BCUT2D eigenvalue weighted by molar-refractivity contribution is 9.10. The summed E-state index contributed by atoms with van der Waals surface area (Å²) in [6, 6.07) is 15.0. The highest BCUT2D eigenvalue weighted by Crippen LogP contribution is 2.31. The first-order valence-electron chi connectivity index (χ1n) is 9.95. The summed E-state index contributed by atoms with van der Waals surface area (Å²) in [6.45, 7) is 6.04. The standard InChI is InChI=1S/C25H20BrN3O3/c1-15-11-17(3)24-22(12-15)28-25(32-24)19-8-6-16(2)21(14-19)27-10-4-5-18-7-9-20(26)23(13-18)29(30)31/h4-14H,1-3H3/b5-4+,27-10+. The summed E-state index contributed by atoms with van der Waals surface area (Å²) in [5.74, 6) is 0.558. The van der Waals surface area contributed by atoms with E-state index in [2.05, 4.69) is 32.0 Å². The highest BCUT2D eigenvalue weighted by atomic mass is 79.9. The van der Waals surface area contributed by atoms with E-state index in [1.807, 2.05) is 45.0 Å². The number of aromatic nitrogens is 1. The third-order valence-corrected chi connectivity index (χ3v) is 5.70. The fourth-order valence-electron chi connectivity index (χ4n) is 3.43. The maximum Gasteiger partial charge on any atom is 0.284 e. The quantitative estimate of drug-likeness (QED) is 0.165. The van der Waals surface area contributed by atoms with Crippen molar-refractivity contribution in [1.29, 1.82) is 0 Å². The van der Waals surface area contributed by atoms with Crippen molar-refractivity contribution in [3.8, 4) is 11.5 Å². The summed E-state index contributed by atoms with van der Waals surface area (Å²) in [7, 11) is 0. The molecule has 0 aliphatic carbocycles. The van der Waals surface area contributed by atoms with E-state index in [0.29, 0.717) is 15.9 Å². The number of allylic oxidation sites excluding steroid dienone is 1. The van der Waals surface area contributed by atoms with Crippen LogP contribution in [0.25, 0.3) is 28.6 Å². The van der Waals surface area contributed by atoms with E-state index >= 15 is 0 Å². The van der Waals surface area contributed by atoms with Crippen molar-refractivity contribution in [1.82, 2.24) is 4.98 Å². The lowest BCUT2D eigenvalue weighted by Crippen LogP contribution is -1.89. The zero-order chi connectivity index (χ0) is 22.8. The normalized spacial score (nSPS) is 11.8. The van der Waals surface area contributed by atoms with Crippen LogP contribution in [-0.2, 0) is 0 Å². The molecule has 0 aliphatic heterocycles. The molecule has 0 bridgehead atoms. The number of oxazole rings is 1. The SMILES string of the molecule is Cc1cc(C)c2oc(-c3ccc(C)c(/N=C/C=C/c4ccc(Br)c([N+](=O)[O-])c4)c3)nc2c1. The van der Waals surface area contributed by atoms with Gasteiger partial charge in [0, 0.05) is 17.8 Å². The average Bonchev–Trinajstić information content (AvgIpc) is 3.17. The first-order chi connectivity index (χ1) is 15.3. The molecule has 0 unspecified atom stereocenters. The van der Waals surface area contributed by atoms with Crippen molar-refractivity contribution in [3.63, 3.8) is 0 Å². The average molecular weight is 490 g/mol. The van der Waals surface area contributed by atoms with Gasteiger partial charge in [0.25, 0.3) is 5.69 Å². The number of aliphatic imine (C=N–C) groups is 1. The molecule has 0 fully saturated rings. The predicted molar refractivity (Wildman–Crippen MR) is 132 cm³/mol. The predicted octanol–water partition coefficient (Wildman–Crippen LogP) is 7.51. The second-order valence-electron chi connectivity index (χ2n) is 7.56. The Morgan fingerprint density at radius 1 is 1.06 bits per heavy atom. The lowest BCUT2D eigenvalue weighted by Gasteiger charge is -2.02. The fourth-order valence-corrected chi connectivity index (χ4v) is 3.82. The molecule has 4 aromatic rings. The maximum atomic E-state index is 11.1. The van der Waals surface area contributed by atoms with Gasteiger partial charge in [-0.05, 0) is 89.3 Å². The number of nitrogens with zero attached hydrogens (tertiary/aromatic N) is 3. The van der Waals surface area contributed by atoms with Crippen LogP contribution in [0, 0.1) is 30.9 Å². The minimum atomic E-state index is -0.417. The molecule has 0 atom stereocenters. The van der Waals surface area contributed by atoms with Crippen LogP contribution < -0.4 is 0 Å². The Morgan fingerprint density at radius 3 is 2.66 bits per heavy atom. The summed E-state index contributed by atoms with van der Waals surface area (Å²) in [5, 5.41) is 11.1. The van der Waals surface area contributed by atoms with Crippen LogP contribution in [0.15, 0.2) is 68.5 Å². The van der Waals surface area contributed by atoms with Gasteiger partial charge in [0.1, 0.15) is 5.52 Å². The second-order valence-corrected chi connectivity index (χ2v) is 8.41. The summed E-state index contributed by atoms with van der Waals surface area (Å²) < 4.78 is 6.47. The molecule has 0 aliphatic rings. The van der Waals surface area contributed by atoms with Gasteiger partial charge in [0.2, 0.25) is 5.89 Å². The number of halogens is 1. The van der Waals surface area contributed by atoms with Crippen LogP contribution in [0.4, 0.5) is 11.4 Å². The highest BCUT2D eigenvalue weighted by Gasteiger charge is 2.12. The van der Waals surface area contributed by atoms with Gasteiger partial charge in [0.15, 0.2) is 5.58 Å². The molecule has 3 aromatic carbocycles. The van der Waals surface area contributed by atoms with Crippen LogP contribution in [-0.4, -0.2) is 16.1 Å². The van der Waals surface area contributed by atoms with E-state index in [9.17, 15) is 10.1 Å². The number of benzene rings is 3. The van der Waals surface area contributed by atoms with Crippen molar-refractivity contribution in [2.24, 2.45) is 4.99 Å². The van der Waals surface area contributed by atoms with Crippen molar-refractivity contribution < 1.29 is 9.34 Å².